The maximum absolute atomic E-state index is 4.72. The Hall–Kier alpha value is -5.28. The third kappa shape index (κ3) is 3.44. The van der Waals surface area contributed by atoms with Gasteiger partial charge in [0.15, 0.2) is 0 Å². The van der Waals surface area contributed by atoms with Crippen molar-refractivity contribution >= 4 is 43.6 Å². The number of para-hydroxylation sites is 3. The number of rotatable bonds is 3. The molecule has 0 N–H and O–H groups in total. The molecule has 5 aromatic carbocycles. The second-order valence-corrected chi connectivity index (χ2v) is 9.90. The molecule has 0 amide bonds. The number of fused-ring (bicyclic) bond motifs is 5. The van der Waals surface area contributed by atoms with E-state index in [1.165, 1.54) is 21.8 Å². The van der Waals surface area contributed by atoms with Crippen molar-refractivity contribution in [2.75, 3.05) is 0 Å². The van der Waals surface area contributed by atoms with E-state index in [1.807, 2.05) is 24.5 Å². The van der Waals surface area contributed by atoms with Crippen LogP contribution in [0.15, 0.2) is 140 Å². The largest absolute Gasteiger partial charge is 0.309 e. The van der Waals surface area contributed by atoms with Crippen LogP contribution in [0.3, 0.4) is 0 Å². The first-order chi connectivity index (χ1) is 19.3. The quantitative estimate of drug-likeness (QED) is 0.244. The normalized spacial score (nSPS) is 11.6. The van der Waals surface area contributed by atoms with Crippen LogP contribution < -0.4 is 0 Å². The topological polar surface area (TPSA) is 30.7 Å². The molecule has 0 saturated carbocycles. The minimum Gasteiger partial charge on any atom is -0.309 e. The molecule has 0 unspecified atom stereocenters. The molecule has 0 aliphatic heterocycles. The van der Waals surface area contributed by atoms with Gasteiger partial charge in [0.25, 0.3) is 0 Å². The molecule has 0 atom stereocenters. The summed E-state index contributed by atoms with van der Waals surface area (Å²) < 4.78 is 2.36. The highest BCUT2D eigenvalue weighted by molar-refractivity contribution is 6.12. The lowest BCUT2D eigenvalue weighted by Crippen LogP contribution is -1.93. The minimum atomic E-state index is 1.02. The predicted molar refractivity (Wildman–Crippen MR) is 162 cm³/mol. The van der Waals surface area contributed by atoms with Crippen molar-refractivity contribution in [1.29, 1.82) is 0 Å². The molecule has 3 heteroatoms. The fourth-order valence-electron chi connectivity index (χ4n) is 5.89. The fraction of sp³-hybridized carbons (Fsp3) is 0. The van der Waals surface area contributed by atoms with E-state index < -0.39 is 0 Å². The molecule has 8 rings (SSSR count). The Bertz CT molecular complexity index is 2030. The van der Waals surface area contributed by atoms with Crippen molar-refractivity contribution in [1.82, 2.24) is 14.5 Å². The van der Waals surface area contributed by atoms with Crippen LogP contribution in [0.4, 0.5) is 0 Å². The molecule has 0 radical (unpaired) electrons. The van der Waals surface area contributed by atoms with E-state index in [0.29, 0.717) is 0 Å². The molecule has 0 bridgehead atoms. The van der Waals surface area contributed by atoms with Gasteiger partial charge in [-0.3, -0.25) is 9.97 Å². The van der Waals surface area contributed by atoms with Gasteiger partial charge >= 0.3 is 0 Å². The second kappa shape index (κ2) is 8.64. The van der Waals surface area contributed by atoms with Gasteiger partial charge in [0.2, 0.25) is 0 Å². The average Bonchev–Trinajstić information content (AvgIpc) is 3.34. The van der Waals surface area contributed by atoms with Gasteiger partial charge in [-0.25, -0.2) is 0 Å². The molecular formula is C36H23N3. The van der Waals surface area contributed by atoms with Crippen molar-refractivity contribution in [2.24, 2.45) is 0 Å². The average molecular weight is 498 g/mol. The zero-order chi connectivity index (χ0) is 25.8. The van der Waals surface area contributed by atoms with Crippen molar-refractivity contribution < 1.29 is 0 Å². The monoisotopic (exact) mass is 497 g/mol. The zero-order valence-corrected chi connectivity index (χ0v) is 21.1. The summed E-state index contributed by atoms with van der Waals surface area (Å²) in [6.45, 7) is 0. The summed E-state index contributed by atoms with van der Waals surface area (Å²) in [5.74, 6) is 0. The first kappa shape index (κ1) is 21.8. The van der Waals surface area contributed by atoms with Gasteiger partial charge in [0, 0.05) is 50.8 Å². The van der Waals surface area contributed by atoms with Gasteiger partial charge in [-0.15, -0.1) is 0 Å². The summed E-state index contributed by atoms with van der Waals surface area (Å²) in [5, 5.41) is 4.73. The summed E-state index contributed by atoms with van der Waals surface area (Å²) in [5.41, 5.74) is 10.2. The van der Waals surface area contributed by atoms with Crippen molar-refractivity contribution in [3.05, 3.63) is 140 Å². The summed E-state index contributed by atoms with van der Waals surface area (Å²) in [4.78, 5) is 9.45. The minimum absolute atomic E-state index is 1.02. The molecule has 39 heavy (non-hydrogen) atoms. The highest BCUT2D eigenvalue weighted by Crippen LogP contribution is 2.38. The van der Waals surface area contributed by atoms with Gasteiger partial charge in [0.05, 0.1) is 22.1 Å². The number of hydrogen-bond donors (Lipinski definition) is 0. The lowest BCUT2D eigenvalue weighted by Gasteiger charge is -2.09. The summed E-state index contributed by atoms with van der Waals surface area (Å²) in [7, 11) is 0. The second-order valence-electron chi connectivity index (χ2n) is 9.90. The van der Waals surface area contributed by atoms with Crippen LogP contribution in [0.1, 0.15) is 0 Å². The van der Waals surface area contributed by atoms with Gasteiger partial charge < -0.3 is 4.57 Å². The Kier molecular flexibility index (Phi) is 4.82. The molecule has 0 spiro atoms. The maximum atomic E-state index is 4.72. The number of hydrogen-bond acceptors (Lipinski definition) is 2. The van der Waals surface area contributed by atoms with Crippen LogP contribution in [-0.4, -0.2) is 14.5 Å². The summed E-state index contributed by atoms with van der Waals surface area (Å²) in [6.07, 6.45) is 3.74. The molecule has 0 aliphatic carbocycles. The fourth-order valence-corrected chi connectivity index (χ4v) is 5.89. The maximum Gasteiger partial charge on any atom is 0.0780 e. The molecule has 0 aliphatic rings. The van der Waals surface area contributed by atoms with Crippen LogP contribution in [0.25, 0.3) is 71.6 Å². The Morgan fingerprint density at radius 3 is 1.49 bits per heavy atom. The van der Waals surface area contributed by atoms with Gasteiger partial charge in [-0.05, 0) is 59.7 Å². The number of aromatic nitrogens is 3. The number of nitrogens with zero attached hydrogens (tertiary/aromatic N) is 3. The van der Waals surface area contributed by atoms with Gasteiger partial charge in [-0.1, -0.05) is 78.9 Å². The van der Waals surface area contributed by atoms with Crippen LogP contribution in [0.5, 0.6) is 0 Å². The van der Waals surface area contributed by atoms with Gasteiger partial charge in [0.1, 0.15) is 0 Å². The third-order valence-electron chi connectivity index (χ3n) is 7.67. The lowest BCUT2D eigenvalue weighted by molar-refractivity contribution is 1.18. The highest BCUT2D eigenvalue weighted by Gasteiger charge is 2.16. The predicted octanol–water partition coefficient (Wildman–Crippen LogP) is 9.21. The van der Waals surface area contributed by atoms with E-state index in [9.17, 15) is 0 Å². The van der Waals surface area contributed by atoms with E-state index >= 15 is 0 Å². The highest BCUT2D eigenvalue weighted by atomic mass is 15.0. The Morgan fingerprint density at radius 2 is 0.949 bits per heavy atom. The smallest absolute Gasteiger partial charge is 0.0780 e. The molecule has 182 valence electrons. The molecule has 0 saturated heterocycles. The van der Waals surface area contributed by atoms with E-state index in [-0.39, 0.29) is 0 Å². The standard InChI is InChI=1S/C36H23N3/c1-2-12-28(13-3-1)39-33-18-16-26(29-14-4-8-24-10-6-20-37-35(24)29)22-31(33)32-23-27(17-19-34(32)39)30-15-5-9-25-11-7-21-38-36(25)30/h1-23H. The van der Waals surface area contributed by atoms with Crippen molar-refractivity contribution in [3.63, 3.8) is 0 Å². The molecule has 8 aromatic rings. The SMILES string of the molecule is c1ccc(-n2c3ccc(-c4cccc5cccnc45)cc3c3cc(-c4cccc5cccnc45)ccc32)cc1. The van der Waals surface area contributed by atoms with Crippen molar-refractivity contribution in [2.45, 2.75) is 0 Å². The first-order valence-corrected chi connectivity index (χ1v) is 13.2. The molecule has 3 nitrogen and oxygen atoms in total. The van der Waals surface area contributed by atoms with E-state index in [4.69, 9.17) is 9.97 Å². The van der Waals surface area contributed by atoms with Crippen LogP contribution >= 0.6 is 0 Å². The van der Waals surface area contributed by atoms with E-state index in [1.54, 1.807) is 0 Å². The summed E-state index contributed by atoms with van der Waals surface area (Å²) in [6, 6.07) is 45.2. The Balaban J connectivity index is 1.43. The molecular weight excluding hydrogens is 474 g/mol. The van der Waals surface area contributed by atoms with E-state index in [2.05, 4.69) is 120 Å². The summed E-state index contributed by atoms with van der Waals surface area (Å²) >= 11 is 0. The molecule has 0 fully saturated rings. The van der Waals surface area contributed by atoms with Crippen LogP contribution in [0, 0.1) is 0 Å². The number of pyridine rings is 2. The van der Waals surface area contributed by atoms with Crippen molar-refractivity contribution in [3.8, 4) is 27.9 Å². The molecule has 3 aromatic heterocycles. The zero-order valence-electron chi connectivity index (χ0n) is 21.1. The first-order valence-electron chi connectivity index (χ1n) is 13.2. The van der Waals surface area contributed by atoms with Crippen LogP contribution in [0.2, 0.25) is 0 Å². The Labute approximate surface area is 225 Å². The van der Waals surface area contributed by atoms with Crippen LogP contribution in [-0.2, 0) is 0 Å². The lowest BCUT2D eigenvalue weighted by atomic mass is 9.98. The Morgan fingerprint density at radius 1 is 0.436 bits per heavy atom. The van der Waals surface area contributed by atoms with E-state index in [0.717, 1.165) is 49.7 Å². The third-order valence-corrected chi connectivity index (χ3v) is 7.67. The number of benzene rings is 5. The molecule has 3 heterocycles. The van der Waals surface area contributed by atoms with Gasteiger partial charge in [-0.2, -0.15) is 0 Å².